The van der Waals surface area contributed by atoms with Crippen LogP contribution < -0.4 is 10.6 Å². The van der Waals surface area contributed by atoms with Crippen LogP contribution in [0.25, 0.3) is 5.78 Å². The molecule has 0 unspecified atom stereocenters. The third-order valence-electron chi connectivity index (χ3n) is 6.58. The summed E-state index contributed by atoms with van der Waals surface area (Å²) in [6.07, 6.45) is 4.22. The van der Waals surface area contributed by atoms with Gasteiger partial charge in [-0.15, -0.1) is 5.10 Å². The molecule has 0 spiro atoms. The second kappa shape index (κ2) is 11.9. The number of hydrogen-bond acceptors (Lipinski definition) is 7. The summed E-state index contributed by atoms with van der Waals surface area (Å²) >= 11 is 0. The zero-order valence-corrected chi connectivity index (χ0v) is 23.1. The summed E-state index contributed by atoms with van der Waals surface area (Å²) in [5.74, 6) is 0.844. The molecule has 1 aromatic carbocycles. The average Bonchev–Trinajstić information content (AvgIpc) is 3.26. The van der Waals surface area contributed by atoms with Crippen molar-refractivity contribution < 1.29 is 14.3 Å². The van der Waals surface area contributed by atoms with Crippen LogP contribution in [0.1, 0.15) is 74.8 Å². The largest absolute Gasteiger partial charge is 0.444 e. The van der Waals surface area contributed by atoms with Crippen LogP contribution in [0.2, 0.25) is 0 Å². The lowest BCUT2D eigenvalue weighted by Crippen LogP contribution is -2.32. The van der Waals surface area contributed by atoms with E-state index in [0.29, 0.717) is 24.4 Å². The highest BCUT2D eigenvalue weighted by Crippen LogP contribution is 2.18. The number of amides is 2. The SMILES string of the molecule is Cc1nc2nc(CNC(=O)OC(C)(C)C)nn2c(C)c1CCC(=O)Nc1ccc(CN2CCCCC2)cc1. The number of nitrogens with one attached hydrogen (secondary N) is 2. The number of aryl methyl sites for hydroxylation is 2. The van der Waals surface area contributed by atoms with Gasteiger partial charge in [-0.3, -0.25) is 9.69 Å². The number of piperidine rings is 1. The maximum atomic E-state index is 12.7. The number of carbonyl (C=O) groups excluding carboxylic acids is 2. The molecule has 1 fully saturated rings. The molecule has 0 bridgehead atoms. The van der Waals surface area contributed by atoms with E-state index >= 15 is 0 Å². The first-order chi connectivity index (χ1) is 18.1. The Morgan fingerprint density at radius 1 is 1.03 bits per heavy atom. The fourth-order valence-corrected chi connectivity index (χ4v) is 4.68. The Labute approximate surface area is 224 Å². The molecule has 2 N–H and O–H groups in total. The van der Waals surface area contributed by atoms with Crippen LogP contribution in [0.4, 0.5) is 10.5 Å². The molecule has 0 saturated carbocycles. The van der Waals surface area contributed by atoms with Crippen molar-refractivity contribution in [3.63, 3.8) is 0 Å². The van der Waals surface area contributed by atoms with Crippen LogP contribution in [0.5, 0.6) is 0 Å². The lowest BCUT2D eigenvalue weighted by Gasteiger charge is -2.26. The quantitative estimate of drug-likeness (QED) is 0.454. The summed E-state index contributed by atoms with van der Waals surface area (Å²) in [6, 6.07) is 8.14. The van der Waals surface area contributed by atoms with Gasteiger partial charge < -0.3 is 15.4 Å². The molecule has 0 aliphatic carbocycles. The zero-order chi connectivity index (χ0) is 27.3. The third kappa shape index (κ3) is 7.50. The van der Waals surface area contributed by atoms with E-state index in [1.165, 1.54) is 24.8 Å². The Balaban J connectivity index is 1.32. The highest BCUT2D eigenvalue weighted by Gasteiger charge is 2.18. The van der Waals surface area contributed by atoms with Crippen molar-refractivity contribution in [1.82, 2.24) is 29.8 Å². The Hall–Kier alpha value is -3.53. The van der Waals surface area contributed by atoms with Gasteiger partial charge in [-0.25, -0.2) is 14.3 Å². The first-order valence-electron chi connectivity index (χ1n) is 13.4. The Kier molecular flexibility index (Phi) is 8.61. The van der Waals surface area contributed by atoms with E-state index < -0.39 is 11.7 Å². The Morgan fingerprint density at radius 2 is 1.74 bits per heavy atom. The molecule has 10 heteroatoms. The summed E-state index contributed by atoms with van der Waals surface area (Å²) < 4.78 is 6.92. The van der Waals surface area contributed by atoms with Gasteiger partial charge in [0, 0.05) is 30.0 Å². The maximum Gasteiger partial charge on any atom is 0.408 e. The molecule has 1 saturated heterocycles. The van der Waals surface area contributed by atoms with Gasteiger partial charge in [0.2, 0.25) is 5.91 Å². The van der Waals surface area contributed by atoms with E-state index in [-0.39, 0.29) is 12.5 Å². The minimum absolute atomic E-state index is 0.0477. The topological polar surface area (TPSA) is 114 Å². The summed E-state index contributed by atoms with van der Waals surface area (Å²) in [5, 5.41) is 10.2. The van der Waals surface area contributed by atoms with Gasteiger partial charge in [0.25, 0.3) is 5.78 Å². The number of likely N-dealkylation sites (tertiary alicyclic amines) is 1. The van der Waals surface area contributed by atoms with Crippen LogP contribution in [0, 0.1) is 13.8 Å². The van der Waals surface area contributed by atoms with Crippen molar-refractivity contribution in [3.05, 3.63) is 52.6 Å². The van der Waals surface area contributed by atoms with Crippen molar-refractivity contribution >= 4 is 23.5 Å². The minimum atomic E-state index is -0.580. The van der Waals surface area contributed by atoms with Gasteiger partial charge in [-0.05, 0) is 90.2 Å². The van der Waals surface area contributed by atoms with Gasteiger partial charge in [0.05, 0.1) is 6.54 Å². The minimum Gasteiger partial charge on any atom is -0.444 e. The number of rotatable bonds is 8. The molecule has 3 heterocycles. The van der Waals surface area contributed by atoms with E-state index in [9.17, 15) is 9.59 Å². The maximum absolute atomic E-state index is 12.7. The van der Waals surface area contributed by atoms with Crippen molar-refractivity contribution in [1.29, 1.82) is 0 Å². The Morgan fingerprint density at radius 3 is 2.42 bits per heavy atom. The van der Waals surface area contributed by atoms with Gasteiger partial charge in [0.15, 0.2) is 5.82 Å². The van der Waals surface area contributed by atoms with E-state index in [2.05, 4.69) is 42.7 Å². The zero-order valence-electron chi connectivity index (χ0n) is 23.1. The average molecular weight is 522 g/mol. The van der Waals surface area contributed by atoms with Gasteiger partial charge >= 0.3 is 6.09 Å². The Bertz CT molecular complexity index is 1270. The number of hydrogen-bond donors (Lipinski definition) is 2. The van der Waals surface area contributed by atoms with E-state index in [1.807, 2.05) is 26.0 Å². The number of alkyl carbamates (subject to hydrolysis) is 1. The molecular formula is C28H39N7O3. The van der Waals surface area contributed by atoms with E-state index in [4.69, 9.17) is 4.74 Å². The smallest absolute Gasteiger partial charge is 0.408 e. The molecular weight excluding hydrogens is 482 g/mol. The normalized spacial score (nSPS) is 14.4. The number of benzene rings is 1. The number of anilines is 1. The van der Waals surface area contributed by atoms with Crippen LogP contribution in [-0.4, -0.2) is 55.2 Å². The number of ether oxygens (including phenoxy) is 1. The van der Waals surface area contributed by atoms with Crippen LogP contribution in [0.15, 0.2) is 24.3 Å². The van der Waals surface area contributed by atoms with Crippen LogP contribution in [-0.2, 0) is 29.0 Å². The van der Waals surface area contributed by atoms with Crippen molar-refractivity contribution in [3.8, 4) is 0 Å². The monoisotopic (exact) mass is 521 g/mol. The second-order valence-corrected chi connectivity index (χ2v) is 10.9. The van der Waals surface area contributed by atoms with Gasteiger partial charge in [0.1, 0.15) is 5.60 Å². The number of aromatic nitrogens is 4. The number of nitrogens with zero attached hydrogens (tertiary/aromatic N) is 5. The molecule has 0 radical (unpaired) electrons. The molecule has 204 valence electrons. The first kappa shape index (κ1) is 27.5. The third-order valence-corrected chi connectivity index (χ3v) is 6.58. The van der Waals surface area contributed by atoms with E-state index in [0.717, 1.165) is 42.3 Å². The summed E-state index contributed by atoms with van der Waals surface area (Å²) in [7, 11) is 0. The molecule has 3 aromatic rings. The van der Waals surface area contributed by atoms with Crippen LogP contribution >= 0.6 is 0 Å². The number of fused-ring (bicyclic) bond motifs is 1. The summed E-state index contributed by atoms with van der Waals surface area (Å²) in [4.78, 5) is 36.1. The van der Waals surface area contributed by atoms with Crippen molar-refractivity contribution in [2.24, 2.45) is 0 Å². The van der Waals surface area contributed by atoms with Gasteiger partial charge in [-0.1, -0.05) is 18.6 Å². The van der Waals surface area contributed by atoms with E-state index in [1.54, 1.807) is 25.3 Å². The highest BCUT2D eigenvalue weighted by atomic mass is 16.6. The first-order valence-corrected chi connectivity index (χ1v) is 13.4. The van der Waals surface area contributed by atoms with Crippen molar-refractivity contribution in [2.45, 2.75) is 85.4 Å². The van der Waals surface area contributed by atoms with Crippen molar-refractivity contribution in [2.75, 3.05) is 18.4 Å². The van der Waals surface area contributed by atoms with Gasteiger partial charge in [-0.2, -0.15) is 4.98 Å². The molecule has 2 aromatic heterocycles. The molecule has 1 aliphatic rings. The predicted molar refractivity (Wildman–Crippen MR) is 146 cm³/mol. The standard InChI is InChI=1S/C28H39N7O3/c1-19-23(20(2)35-26(30-19)32-24(33-35)17-29-27(37)38-28(3,4)5)13-14-25(36)31-22-11-9-21(10-12-22)18-34-15-7-6-8-16-34/h9-12H,6-8,13-18H2,1-5H3,(H,29,37)(H,31,36). The predicted octanol–water partition coefficient (Wildman–Crippen LogP) is 4.32. The molecule has 1 aliphatic heterocycles. The number of carbonyl (C=O) groups is 2. The van der Waals surface area contributed by atoms with Crippen LogP contribution in [0.3, 0.4) is 0 Å². The molecule has 10 nitrogen and oxygen atoms in total. The highest BCUT2D eigenvalue weighted by molar-refractivity contribution is 5.90. The summed E-state index contributed by atoms with van der Waals surface area (Å²) in [5.41, 5.74) is 4.13. The fraction of sp³-hybridized carbons (Fsp3) is 0.536. The lowest BCUT2D eigenvalue weighted by molar-refractivity contribution is -0.116. The molecule has 4 rings (SSSR count). The second-order valence-electron chi connectivity index (χ2n) is 10.9. The summed E-state index contributed by atoms with van der Waals surface area (Å²) in [6.45, 7) is 12.7. The molecule has 0 atom stereocenters. The fourth-order valence-electron chi connectivity index (χ4n) is 4.68. The lowest BCUT2D eigenvalue weighted by atomic mass is 10.1. The molecule has 2 amide bonds. The molecule has 38 heavy (non-hydrogen) atoms.